The predicted octanol–water partition coefficient (Wildman–Crippen LogP) is 3.25. The lowest BCUT2D eigenvalue weighted by atomic mass is 10.0. The number of nitrogens with zero attached hydrogens (tertiary/aromatic N) is 1. The van der Waals surface area contributed by atoms with Gasteiger partial charge in [0.15, 0.2) is 5.76 Å². The first kappa shape index (κ1) is 11.2. The summed E-state index contributed by atoms with van der Waals surface area (Å²) in [5.41, 5.74) is 2.29. The minimum absolute atomic E-state index is 0.342. The number of esters is 1. The van der Waals surface area contributed by atoms with Crippen molar-refractivity contribution in [3.05, 3.63) is 71.3 Å². The lowest BCUT2D eigenvalue weighted by Gasteiger charge is -2.03. The van der Waals surface area contributed by atoms with Gasteiger partial charge < -0.3 is 4.74 Å². The van der Waals surface area contributed by atoms with Crippen molar-refractivity contribution in [2.45, 2.75) is 0 Å². The maximum atomic E-state index is 11.8. The Bertz CT molecular complexity index is 724. The summed E-state index contributed by atoms with van der Waals surface area (Å²) in [5.74, 6) is -0.0661. The van der Waals surface area contributed by atoms with Crippen LogP contribution in [0.2, 0.25) is 0 Å². The van der Waals surface area contributed by atoms with Gasteiger partial charge in [-0.05, 0) is 11.6 Å². The lowest BCUT2D eigenvalue weighted by molar-refractivity contribution is 0.0716. The molecular weight excluding hydrogens is 238 g/mol. The molecule has 0 spiro atoms. The Kier molecular flexibility index (Phi) is 2.62. The molecule has 1 aliphatic heterocycles. The fourth-order valence-electron chi connectivity index (χ4n) is 2.10. The average molecular weight is 247 g/mol. The Morgan fingerprint density at radius 3 is 2.26 bits per heavy atom. The van der Waals surface area contributed by atoms with E-state index in [0.717, 1.165) is 5.56 Å². The molecule has 0 bridgehead atoms. The van der Waals surface area contributed by atoms with E-state index in [1.807, 2.05) is 36.4 Å². The summed E-state index contributed by atoms with van der Waals surface area (Å²) in [7, 11) is 0. The molecule has 1 heterocycles. The molecule has 19 heavy (non-hydrogen) atoms. The number of cyclic esters (lactones) is 1. The molecule has 0 saturated heterocycles. The van der Waals surface area contributed by atoms with Gasteiger partial charge in [0.2, 0.25) is 0 Å². The fourth-order valence-corrected chi connectivity index (χ4v) is 2.10. The highest BCUT2D eigenvalue weighted by Crippen LogP contribution is 2.35. The molecule has 0 N–H and O–H groups in total. The van der Waals surface area contributed by atoms with Crippen molar-refractivity contribution in [3.63, 3.8) is 0 Å². The Labute approximate surface area is 110 Å². The van der Waals surface area contributed by atoms with Crippen LogP contribution in [0.1, 0.15) is 21.5 Å². The van der Waals surface area contributed by atoms with Gasteiger partial charge in [0, 0.05) is 5.56 Å². The van der Waals surface area contributed by atoms with Gasteiger partial charge in [0.1, 0.15) is 11.6 Å². The SMILES string of the molecule is N#C/C(=C1\OC(=O)c2ccccc21)c1ccccc1. The molecule has 0 fully saturated rings. The second-order valence-corrected chi connectivity index (χ2v) is 4.12. The number of nitriles is 1. The number of carbonyl (C=O) groups excluding carboxylic acids is 1. The molecule has 1 aliphatic rings. The Balaban J connectivity index is 2.24. The number of ether oxygens (including phenoxy) is 1. The summed E-state index contributed by atoms with van der Waals surface area (Å²) in [6, 6.07) is 18.4. The van der Waals surface area contributed by atoms with E-state index in [9.17, 15) is 10.1 Å². The van der Waals surface area contributed by atoms with Crippen LogP contribution < -0.4 is 0 Å². The summed E-state index contributed by atoms with van der Waals surface area (Å²) in [6.07, 6.45) is 0. The maximum Gasteiger partial charge on any atom is 0.344 e. The van der Waals surface area contributed by atoms with E-state index in [0.29, 0.717) is 22.5 Å². The molecule has 3 nitrogen and oxygen atoms in total. The second kappa shape index (κ2) is 4.43. The molecule has 0 radical (unpaired) electrons. The monoisotopic (exact) mass is 247 g/mol. The van der Waals surface area contributed by atoms with Crippen LogP contribution in [0.3, 0.4) is 0 Å². The third-order valence-corrected chi connectivity index (χ3v) is 2.99. The van der Waals surface area contributed by atoms with E-state index < -0.39 is 5.97 Å². The highest BCUT2D eigenvalue weighted by molar-refractivity contribution is 6.09. The molecule has 0 unspecified atom stereocenters. The largest absolute Gasteiger partial charge is 0.421 e. The quantitative estimate of drug-likeness (QED) is 0.574. The van der Waals surface area contributed by atoms with Crippen LogP contribution >= 0.6 is 0 Å². The zero-order valence-electron chi connectivity index (χ0n) is 9.96. The molecular formula is C16H9NO2. The van der Waals surface area contributed by atoms with Gasteiger partial charge in [-0.3, -0.25) is 0 Å². The number of hydrogen-bond acceptors (Lipinski definition) is 3. The van der Waals surface area contributed by atoms with E-state index >= 15 is 0 Å². The second-order valence-electron chi connectivity index (χ2n) is 4.12. The standard InChI is InChI=1S/C16H9NO2/c17-10-14(11-6-2-1-3-7-11)15-12-8-4-5-9-13(12)16(18)19-15/h1-9H/b15-14+. The van der Waals surface area contributed by atoms with Crippen molar-refractivity contribution in [1.82, 2.24) is 0 Å². The summed E-state index contributed by atoms with van der Waals surface area (Å²) >= 11 is 0. The third-order valence-electron chi connectivity index (χ3n) is 2.99. The molecule has 2 aromatic carbocycles. The zero-order chi connectivity index (χ0) is 13.2. The van der Waals surface area contributed by atoms with Gasteiger partial charge in [0.25, 0.3) is 0 Å². The predicted molar refractivity (Wildman–Crippen MR) is 70.7 cm³/mol. The van der Waals surface area contributed by atoms with Crippen LogP contribution in [-0.2, 0) is 4.74 Å². The number of carbonyl (C=O) groups is 1. The van der Waals surface area contributed by atoms with Crippen molar-refractivity contribution in [1.29, 1.82) is 5.26 Å². The van der Waals surface area contributed by atoms with E-state index in [-0.39, 0.29) is 0 Å². The zero-order valence-corrected chi connectivity index (χ0v) is 9.96. The van der Waals surface area contributed by atoms with Crippen LogP contribution in [-0.4, -0.2) is 5.97 Å². The smallest absolute Gasteiger partial charge is 0.344 e. The highest BCUT2D eigenvalue weighted by atomic mass is 16.5. The summed E-state index contributed by atoms with van der Waals surface area (Å²) in [5, 5.41) is 9.35. The minimum Gasteiger partial charge on any atom is -0.421 e. The van der Waals surface area contributed by atoms with Gasteiger partial charge in [-0.1, -0.05) is 48.5 Å². The third kappa shape index (κ3) is 1.80. The first-order chi connectivity index (χ1) is 9.31. The maximum absolute atomic E-state index is 11.8. The topological polar surface area (TPSA) is 50.1 Å². The summed E-state index contributed by atoms with van der Waals surface area (Å²) in [6.45, 7) is 0. The van der Waals surface area contributed by atoms with Gasteiger partial charge in [-0.15, -0.1) is 0 Å². The first-order valence-electron chi connectivity index (χ1n) is 5.82. The molecule has 0 aromatic heterocycles. The van der Waals surface area contributed by atoms with Gasteiger partial charge in [-0.2, -0.15) is 5.26 Å². The molecule has 3 heteroatoms. The highest BCUT2D eigenvalue weighted by Gasteiger charge is 2.29. The van der Waals surface area contributed by atoms with Crippen molar-refractivity contribution in [3.8, 4) is 6.07 Å². The molecule has 0 saturated carbocycles. The van der Waals surface area contributed by atoms with Crippen molar-refractivity contribution >= 4 is 17.3 Å². The Hall–Kier alpha value is -2.86. The average Bonchev–Trinajstić information content (AvgIpc) is 2.79. The van der Waals surface area contributed by atoms with E-state index in [2.05, 4.69) is 6.07 Å². The summed E-state index contributed by atoms with van der Waals surface area (Å²) in [4.78, 5) is 11.8. The molecule has 2 aromatic rings. The normalized spacial score (nSPS) is 15.4. The lowest BCUT2D eigenvalue weighted by Crippen LogP contribution is -1.93. The molecule has 0 aliphatic carbocycles. The van der Waals surface area contributed by atoms with Crippen LogP contribution in [0.4, 0.5) is 0 Å². The molecule has 90 valence electrons. The van der Waals surface area contributed by atoms with Crippen LogP contribution in [0, 0.1) is 11.3 Å². The number of fused-ring (bicyclic) bond motifs is 1. The number of rotatable bonds is 1. The molecule has 0 amide bonds. The summed E-state index contributed by atoms with van der Waals surface area (Å²) < 4.78 is 5.26. The van der Waals surface area contributed by atoms with Crippen LogP contribution in [0.25, 0.3) is 11.3 Å². The van der Waals surface area contributed by atoms with Crippen molar-refractivity contribution < 1.29 is 9.53 Å². The number of benzene rings is 2. The van der Waals surface area contributed by atoms with E-state index in [1.54, 1.807) is 18.2 Å². The first-order valence-corrected chi connectivity index (χ1v) is 5.82. The van der Waals surface area contributed by atoms with Crippen molar-refractivity contribution in [2.24, 2.45) is 0 Å². The Morgan fingerprint density at radius 2 is 1.58 bits per heavy atom. The van der Waals surface area contributed by atoms with Gasteiger partial charge in [0.05, 0.1) is 5.56 Å². The van der Waals surface area contributed by atoms with Crippen LogP contribution in [0.15, 0.2) is 54.6 Å². The molecule has 0 atom stereocenters. The minimum atomic E-state index is -0.408. The Morgan fingerprint density at radius 1 is 0.947 bits per heavy atom. The van der Waals surface area contributed by atoms with Gasteiger partial charge in [-0.25, -0.2) is 4.79 Å². The van der Waals surface area contributed by atoms with E-state index in [1.165, 1.54) is 0 Å². The van der Waals surface area contributed by atoms with Crippen LogP contribution in [0.5, 0.6) is 0 Å². The number of hydrogen-bond donors (Lipinski definition) is 0. The van der Waals surface area contributed by atoms with Crippen molar-refractivity contribution in [2.75, 3.05) is 0 Å². The van der Waals surface area contributed by atoms with Gasteiger partial charge >= 0.3 is 5.97 Å². The van der Waals surface area contributed by atoms with E-state index in [4.69, 9.17) is 4.74 Å². The fraction of sp³-hybridized carbons (Fsp3) is 0. The number of allylic oxidation sites excluding steroid dienone is 1. The molecule has 3 rings (SSSR count).